The zero-order chi connectivity index (χ0) is 13.2. The maximum absolute atomic E-state index is 6.36. The van der Waals surface area contributed by atoms with Crippen molar-refractivity contribution in [3.63, 3.8) is 0 Å². The topological polar surface area (TPSA) is 51.8 Å². The standard InChI is InChI=1S/C15H12BrN3/c16-12-6-3-9-19-15(12)14(17)11-4-1-7-13-10(11)5-2-8-18-13/h1-9,14H,17H2. The summed E-state index contributed by atoms with van der Waals surface area (Å²) in [5.41, 5.74) is 9.17. The molecule has 0 bridgehead atoms. The number of aromatic nitrogens is 2. The second-order valence-corrected chi connectivity index (χ2v) is 5.12. The summed E-state index contributed by atoms with van der Waals surface area (Å²) >= 11 is 3.50. The largest absolute Gasteiger partial charge is 0.319 e. The number of halogens is 1. The zero-order valence-corrected chi connectivity index (χ0v) is 11.7. The lowest BCUT2D eigenvalue weighted by Crippen LogP contribution is -2.14. The van der Waals surface area contributed by atoms with Crippen molar-refractivity contribution in [2.24, 2.45) is 5.73 Å². The van der Waals surface area contributed by atoms with E-state index in [4.69, 9.17) is 5.73 Å². The minimum atomic E-state index is -0.275. The van der Waals surface area contributed by atoms with E-state index in [1.165, 1.54) is 0 Å². The Morgan fingerprint density at radius 2 is 1.74 bits per heavy atom. The van der Waals surface area contributed by atoms with Gasteiger partial charge >= 0.3 is 0 Å². The van der Waals surface area contributed by atoms with Gasteiger partial charge in [0.25, 0.3) is 0 Å². The molecule has 1 unspecified atom stereocenters. The fraction of sp³-hybridized carbons (Fsp3) is 0.0667. The first-order chi connectivity index (χ1) is 9.27. The summed E-state index contributed by atoms with van der Waals surface area (Å²) in [6.07, 6.45) is 3.54. The van der Waals surface area contributed by atoms with Gasteiger partial charge < -0.3 is 5.73 Å². The van der Waals surface area contributed by atoms with Crippen LogP contribution in [0.2, 0.25) is 0 Å². The highest BCUT2D eigenvalue weighted by molar-refractivity contribution is 9.10. The predicted molar refractivity (Wildman–Crippen MR) is 79.7 cm³/mol. The summed E-state index contributed by atoms with van der Waals surface area (Å²) in [6, 6.07) is 13.5. The molecule has 3 nitrogen and oxygen atoms in total. The van der Waals surface area contributed by atoms with E-state index >= 15 is 0 Å². The van der Waals surface area contributed by atoms with Crippen molar-refractivity contribution in [3.05, 3.63) is 70.6 Å². The molecule has 0 aliphatic rings. The Morgan fingerprint density at radius 1 is 0.947 bits per heavy atom. The highest BCUT2D eigenvalue weighted by Crippen LogP contribution is 2.28. The quantitative estimate of drug-likeness (QED) is 0.788. The van der Waals surface area contributed by atoms with E-state index in [9.17, 15) is 0 Å². The van der Waals surface area contributed by atoms with Crippen molar-refractivity contribution in [1.82, 2.24) is 9.97 Å². The van der Waals surface area contributed by atoms with E-state index in [-0.39, 0.29) is 6.04 Å². The molecule has 94 valence electrons. The van der Waals surface area contributed by atoms with Gasteiger partial charge in [0.1, 0.15) is 0 Å². The van der Waals surface area contributed by atoms with Crippen LogP contribution in [0.3, 0.4) is 0 Å². The van der Waals surface area contributed by atoms with Gasteiger partial charge in [0.05, 0.1) is 17.3 Å². The monoisotopic (exact) mass is 313 g/mol. The van der Waals surface area contributed by atoms with Crippen LogP contribution in [-0.4, -0.2) is 9.97 Å². The van der Waals surface area contributed by atoms with E-state index in [1.54, 1.807) is 12.4 Å². The molecule has 4 heteroatoms. The molecule has 0 aliphatic heterocycles. The van der Waals surface area contributed by atoms with E-state index in [0.717, 1.165) is 26.6 Å². The van der Waals surface area contributed by atoms with E-state index in [1.807, 2.05) is 42.5 Å². The molecule has 0 radical (unpaired) electrons. The molecular formula is C15H12BrN3. The predicted octanol–water partition coefficient (Wildman–Crippen LogP) is 3.44. The number of hydrogen-bond donors (Lipinski definition) is 1. The first-order valence-electron chi connectivity index (χ1n) is 5.97. The average Bonchev–Trinajstić information content (AvgIpc) is 2.46. The molecule has 19 heavy (non-hydrogen) atoms. The number of nitrogens with zero attached hydrogens (tertiary/aromatic N) is 2. The van der Waals surface area contributed by atoms with Crippen LogP contribution in [0.4, 0.5) is 0 Å². The fourth-order valence-corrected chi connectivity index (χ4v) is 2.67. The van der Waals surface area contributed by atoms with Crippen LogP contribution in [-0.2, 0) is 0 Å². The Labute approximate surface area is 119 Å². The summed E-state index contributed by atoms with van der Waals surface area (Å²) in [4.78, 5) is 8.72. The fourth-order valence-electron chi connectivity index (χ4n) is 2.17. The van der Waals surface area contributed by atoms with Crippen LogP contribution in [0.15, 0.2) is 59.3 Å². The SMILES string of the molecule is NC(c1ncccc1Br)c1cccc2ncccc12. The molecule has 2 aromatic heterocycles. The molecule has 3 aromatic rings. The minimum absolute atomic E-state index is 0.275. The van der Waals surface area contributed by atoms with Crippen LogP contribution < -0.4 is 5.73 Å². The second-order valence-electron chi connectivity index (χ2n) is 4.27. The van der Waals surface area contributed by atoms with Crippen molar-refractivity contribution >= 4 is 26.8 Å². The molecule has 0 fully saturated rings. The zero-order valence-electron chi connectivity index (χ0n) is 10.1. The molecule has 2 heterocycles. The molecule has 2 N–H and O–H groups in total. The maximum Gasteiger partial charge on any atom is 0.0758 e. The van der Waals surface area contributed by atoms with Crippen molar-refractivity contribution < 1.29 is 0 Å². The first-order valence-corrected chi connectivity index (χ1v) is 6.76. The summed E-state index contributed by atoms with van der Waals surface area (Å²) in [5, 5.41) is 1.06. The first kappa shape index (κ1) is 12.3. The third-order valence-electron chi connectivity index (χ3n) is 3.10. The van der Waals surface area contributed by atoms with Gasteiger partial charge in [0.15, 0.2) is 0 Å². The van der Waals surface area contributed by atoms with Gasteiger partial charge in [-0.25, -0.2) is 0 Å². The molecule has 1 atom stereocenters. The highest BCUT2D eigenvalue weighted by Gasteiger charge is 2.15. The van der Waals surface area contributed by atoms with Crippen LogP contribution in [0.5, 0.6) is 0 Å². The Balaban J connectivity index is 2.17. The minimum Gasteiger partial charge on any atom is -0.319 e. The van der Waals surface area contributed by atoms with E-state index in [2.05, 4.69) is 25.9 Å². The Kier molecular flexibility index (Phi) is 3.27. The number of hydrogen-bond acceptors (Lipinski definition) is 3. The van der Waals surface area contributed by atoms with Crippen molar-refractivity contribution in [2.75, 3.05) is 0 Å². The normalized spacial score (nSPS) is 12.5. The van der Waals surface area contributed by atoms with Crippen LogP contribution in [0.1, 0.15) is 17.3 Å². The molecule has 0 spiro atoms. The van der Waals surface area contributed by atoms with Gasteiger partial charge in [-0.2, -0.15) is 0 Å². The highest BCUT2D eigenvalue weighted by atomic mass is 79.9. The van der Waals surface area contributed by atoms with Gasteiger partial charge in [-0.3, -0.25) is 9.97 Å². The number of fused-ring (bicyclic) bond motifs is 1. The van der Waals surface area contributed by atoms with Crippen molar-refractivity contribution in [1.29, 1.82) is 0 Å². The Hall–Kier alpha value is -1.78. The van der Waals surface area contributed by atoms with Gasteiger partial charge in [0.2, 0.25) is 0 Å². The summed E-state index contributed by atoms with van der Waals surface area (Å²) in [5.74, 6) is 0. The van der Waals surface area contributed by atoms with E-state index < -0.39 is 0 Å². The van der Waals surface area contributed by atoms with Crippen LogP contribution >= 0.6 is 15.9 Å². The molecular weight excluding hydrogens is 302 g/mol. The van der Waals surface area contributed by atoms with Gasteiger partial charge in [-0.1, -0.05) is 18.2 Å². The van der Waals surface area contributed by atoms with Crippen molar-refractivity contribution in [2.45, 2.75) is 6.04 Å². The Morgan fingerprint density at radius 3 is 2.58 bits per heavy atom. The molecule has 0 amide bonds. The van der Waals surface area contributed by atoms with Gasteiger partial charge in [-0.05, 0) is 45.8 Å². The molecule has 3 rings (SSSR count). The molecule has 0 saturated carbocycles. The smallest absolute Gasteiger partial charge is 0.0758 e. The number of benzene rings is 1. The third-order valence-corrected chi connectivity index (χ3v) is 3.77. The molecule has 0 saturated heterocycles. The Bertz CT molecular complexity index is 722. The maximum atomic E-state index is 6.36. The van der Waals surface area contributed by atoms with Crippen LogP contribution in [0.25, 0.3) is 10.9 Å². The molecule has 0 aliphatic carbocycles. The average molecular weight is 314 g/mol. The molecule has 1 aromatic carbocycles. The third kappa shape index (κ3) is 2.25. The number of nitrogens with two attached hydrogens (primary N) is 1. The van der Waals surface area contributed by atoms with E-state index in [0.29, 0.717) is 0 Å². The second kappa shape index (κ2) is 5.07. The van der Waals surface area contributed by atoms with Gasteiger partial charge in [-0.15, -0.1) is 0 Å². The summed E-state index contributed by atoms with van der Waals surface area (Å²) < 4.78 is 0.920. The van der Waals surface area contributed by atoms with Crippen molar-refractivity contribution in [3.8, 4) is 0 Å². The lowest BCUT2D eigenvalue weighted by atomic mass is 9.99. The van der Waals surface area contributed by atoms with Crippen LogP contribution in [0, 0.1) is 0 Å². The summed E-state index contributed by atoms with van der Waals surface area (Å²) in [7, 11) is 0. The lowest BCUT2D eigenvalue weighted by Gasteiger charge is -2.15. The number of pyridine rings is 2. The summed E-state index contributed by atoms with van der Waals surface area (Å²) in [6.45, 7) is 0. The van der Waals surface area contributed by atoms with Gasteiger partial charge in [0, 0.05) is 22.3 Å². The lowest BCUT2D eigenvalue weighted by molar-refractivity contribution is 0.829. The number of rotatable bonds is 2.